The van der Waals surface area contributed by atoms with Gasteiger partial charge < -0.3 is 24.8 Å². The highest BCUT2D eigenvalue weighted by molar-refractivity contribution is 5.98. The Morgan fingerprint density at radius 3 is 2.57 bits per heavy atom. The van der Waals surface area contributed by atoms with Gasteiger partial charge in [0.2, 0.25) is 5.91 Å². The van der Waals surface area contributed by atoms with E-state index in [4.69, 9.17) is 4.74 Å². The molecule has 198 valence electrons. The van der Waals surface area contributed by atoms with Crippen molar-refractivity contribution in [2.75, 3.05) is 46.4 Å². The van der Waals surface area contributed by atoms with Crippen LogP contribution < -0.4 is 10.1 Å². The maximum atomic E-state index is 13.8. The lowest BCUT2D eigenvalue weighted by Gasteiger charge is -2.31. The molecule has 1 aromatic heterocycles. The van der Waals surface area contributed by atoms with Gasteiger partial charge >= 0.3 is 0 Å². The van der Waals surface area contributed by atoms with E-state index in [9.17, 15) is 14.4 Å². The van der Waals surface area contributed by atoms with E-state index in [1.54, 1.807) is 54.6 Å². The molecular formula is C28H37N5O4. The van der Waals surface area contributed by atoms with Crippen LogP contribution in [0.4, 0.5) is 0 Å². The first-order valence-electron chi connectivity index (χ1n) is 13.0. The van der Waals surface area contributed by atoms with Crippen LogP contribution in [-0.2, 0) is 4.79 Å². The Labute approximate surface area is 218 Å². The Balaban J connectivity index is 1.63. The average molecular weight is 508 g/mol. The Bertz CT molecular complexity index is 1070. The Morgan fingerprint density at radius 1 is 1.11 bits per heavy atom. The molecular weight excluding hydrogens is 470 g/mol. The van der Waals surface area contributed by atoms with Gasteiger partial charge in [-0.1, -0.05) is 13.8 Å². The van der Waals surface area contributed by atoms with E-state index < -0.39 is 6.04 Å². The van der Waals surface area contributed by atoms with Gasteiger partial charge in [0, 0.05) is 50.7 Å². The summed E-state index contributed by atoms with van der Waals surface area (Å²) in [6.07, 6.45) is 4.42. The van der Waals surface area contributed by atoms with Gasteiger partial charge in [0.05, 0.1) is 18.7 Å². The van der Waals surface area contributed by atoms with Gasteiger partial charge in [0.25, 0.3) is 11.8 Å². The Hall–Kier alpha value is -3.46. The minimum absolute atomic E-state index is 0.0511. The maximum absolute atomic E-state index is 13.8. The average Bonchev–Trinajstić information content (AvgIpc) is 3.18. The van der Waals surface area contributed by atoms with E-state index in [0.717, 1.165) is 19.5 Å². The highest BCUT2D eigenvalue weighted by Gasteiger charge is 2.44. The second-order valence-electron chi connectivity index (χ2n) is 10.1. The lowest BCUT2D eigenvalue weighted by atomic mass is 10.1. The fourth-order valence-electron chi connectivity index (χ4n) is 5.12. The molecule has 9 heteroatoms. The van der Waals surface area contributed by atoms with Crippen LogP contribution in [0.3, 0.4) is 0 Å². The summed E-state index contributed by atoms with van der Waals surface area (Å²) in [6, 6.07) is 9.58. The topological polar surface area (TPSA) is 95.1 Å². The number of pyridine rings is 1. The molecule has 2 aliphatic heterocycles. The molecule has 2 aliphatic rings. The summed E-state index contributed by atoms with van der Waals surface area (Å²) in [6.45, 7) is 7.81. The number of benzene rings is 1. The third-order valence-corrected chi connectivity index (χ3v) is 6.99. The molecule has 2 saturated heterocycles. The molecule has 0 spiro atoms. The van der Waals surface area contributed by atoms with Gasteiger partial charge in [-0.25, -0.2) is 0 Å². The molecule has 0 saturated carbocycles. The number of hydrogen-bond donors (Lipinski definition) is 1. The molecule has 2 atom stereocenters. The van der Waals surface area contributed by atoms with Gasteiger partial charge in [-0.3, -0.25) is 19.4 Å². The fourth-order valence-corrected chi connectivity index (χ4v) is 5.12. The third kappa shape index (κ3) is 6.28. The number of ether oxygens (including phenoxy) is 1. The second kappa shape index (κ2) is 12.2. The number of hydrogen-bond acceptors (Lipinski definition) is 6. The number of nitrogens with one attached hydrogen (secondary N) is 1. The van der Waals surface area contributed by atoms with Crippen molar-refractivity contribution < 1.29 is 19.1 Å². The quantitative estimate of drug-likeness (QED) is 0.618. The summed E-state index contributed by atoms with van der Waals surface area (Å²) < 4.78 is 5.24. The van der Waals surface area contributed by atoms with E-state index >= 15 is 0 Å². The predicted molar refractivity (Wildman–Crippen MR) is 140 cm³/mol. The minimum Gasteiger partial charge on any atom is -0.497 e. The SMILES string of the molecule is COc1ccc(C(=O)N(CC(C)C)C2CC(C(=O)N3CCCNCC3)N(C(=O)c3cccnc3)C2)cc1. The van der Waals surface area contributed by atoms with E-state index in [0.29, 0.717) is 49.5 Å². The van der Waals surface area contributed by atoms with Crippen LogP contribution in [0.2, 0.25) is 0 Å². The number of methoxy groups -OCH3 is 1. The molecule has 2 unspecified atom stereocenters. The van der Waals surface area contributed by atoms with E-state index in [-0.39, 0.29) is 29.7 Å². The number of likely N-dealkylation sites (tertiary alicyclic amines) is 1. The van der Waals surface area contributed by atoms with Crippen LogP contribution in [0.15, 0.2) is 48.8 Å². The number of amides is 3. The van der Waals surface area contributed by atoms with E-state index in [1.165, 1.54) is 6.20 Å². The van der Waals surface area contributed by atoms with Crippen LogP contribution in [0.25, 0.3) is 0 Å². The molecule has 0 radical (unpaired) electrons. The van der Waals surface area contributed by atoms with Crippen molar-refractivity contribution in [1.82, 2.24) is 25.0 Å². The zero-order chi connectivity index (χ0) is 26.4. The van der Waals surface area contributed by atoms with Gasteiger partial charge in [0.15, 0.2) is 0 Å². The Morgan fingerprint density at radius 2 is 1.89 bits per heavy atom. The smallest absolute Gasteiger partial charge is 0.256 e. The van der Waals surface area contributed by atoms with Gasteiger partial charge in [-0.15, -0.1) is 0 Å². The summed E-state index contributed by atoms with van der Waals surface area (Å²) in [5.74, 6) is 0.505. The van der Waals surface area contributed by atoms with Gasteiger partial charge in [0.1, 0.15) is 11.8 Å². The zero-order valence-electron chi connectivity index (χ0n) is 21.9. The van der Waals surface area contributed by atoms with Crippen molar-refractivity contribution in [3.05, 3.63) is 59.9 Å². The second-order valence-corrected chi connectivity index (χ2v) is 10.1. The largest absolute Gasteiger partial charge is 0.497 e. The van der Waals surface area contributed by atoms with Crippen molar-refractivity contribution in [3.63, 3.8) is 0 Å². The molecule has 2 fully saturated rings. The predicted octanol–water partition coefficient (Wildman–Crippen LogP) is 2.29. The fraction of sp³-hybridized carbons (Fsp3) is 0.500. The van der Waals surface area contributed by atoms with Gasteiger partial charge in [-0.2, -0.15) is 0 Å². The molecule has 0 aliphatic carbocycles. The van der Waals surface area contributed by atoms with Crippen LogP contribution >= 0.6 is 0 Å². The van der Waals surface area contributed by atoms with E-state index in [2.05, 4.69) is 24.1 Å². The van der Waals surface area contributed by atoms with Crippen molar-refractivity contribution in [1.29, 1.82) is 0 Å². The molecule has 1 N–H and O–H groups in total. The molecule has 3 heterocycles. The standard InChI is InChI=1S/C28H37N5O4/c1-20(2)18-32(26(34)21-7-9-24(37-3)10-8-21)23-16-25(28(36)31-14-5-12-29-13-15-31)33(19-23)27(35)22-6-4-11-30-17-22/h4,6-11,17,20,23,25,29H,5,12-16,18-19H2,1-3H3. The summed E-state index contributed by atoms with van der Waals surface area (Å²) in [4.78, 5) is 50.5. The lowest BCUT2D eigenvalue weighted by molar-refractivity contribution is -0.135. The summed E-state index contributed by atoms with van der Waals surface area (Å²) in [5, 5.41) is 3.33. The Kier molecular flexibility index (Phi) is 8.76. The van der Waals surface area contributed by atoms with Crippen LogP contribution in [0, 0.1) is 5.92 Å². The third-order valence-electron chi connectivity index (χ3n) is 6.99. The number of rotatable bonds is 7. The number of aromatic nitrogens is 1. The van der Waals surface area contributed by atoms with Gasteiger partial charge in [-0.05, 0) is 61.7 Å². The maximum Gasteiger partial charge on any atom is 0.256 e. The zero-order valence-corrected chi connectivity index (χ0v) is 21.9. The number of carbonyl (C=O) groups is 3. The van der Waals surface area contributed by atoms with Crippen LogP contribution in [0.5, 0.6) is 5.75 Å². The van der Waals surface area contributed by atoms with Crippen molar-refractivity contribution in [2.45, 2.75) is 38.8 Å². The van der Waals surface area contributed by atoms with E-state index in [1.807, 2.05) is 9.80 Å². The summed E-state index contributed by atoms with van der Waals surface area (Å²) in [5.41, 5.74) is 0.996. The highest BCUT2D eigenvalue weighted by atomic mass is 16.5. The first kappa shape index (κ1) is 26.6. The molecule has 1 aromatic carbocycles. The van der Waals surface area contributed by atoms with Crippen LogP contribution in [0.1, 0.15) is 47.4 Å². The normalized spacial score (nSPS) is 20.0. The first-order valence-corrected chi connectivity index (χ1v) is 13.0. The lowest BCUT2D eigenvalue weighted by Crippen LogP contribution is -2.48. The monoisotopic (exact) mass is 507 g/mol. The first-order chi connectivity index (χ1) is 17.9. The molecule has 2 aromatic rings. The van der Waals surface area contributed by atoms with Crippen LogP contribution in [-0.4, -0.2) is 95.9 Å². The highest BCUT2D eigenvalue weighted by Crippen LogP contribution is 2.28. The van der Waals surface area contributed by atoms with Crippen molar-refractivity contribution >= 4 is 17.7 Å². The summed E-state index contributed by atoms with van der Waals surface area (Å²) in [7, 11) is 1.59. The molecule has 9 nitrogen and oxygen atoms in total. The number of carbonyl (C=O) groups excluding carboxylic acids is 3. The molecule has 0 bridgehead atoms. The minimum atomic E-state index is -0.630. The molecule has 3 amide bonds. The van der Waals surface area contributed by atoms with Crippen molar-refractivity contribution in [3.8, 4) is 5.75 Å². The molecule has 37 heavy (non-hydrogen) atoms. The van der Waals surface area contributed by atoms with Crippen molar-refractivity contribution in [2.24, 2.45) is 5.92 Å². The summed E-state index contributed by atoms with van der Waals surface area (Å²) >= 11 is 0. The number of nitrogens with zero attached hydrogens (tertiary/aromatic N) is 4. The molecule has 4 rings (SSSR count).